The summed E-state index contributed by atoms with van der Waals surface area (Å²) in [6.07, 6.45) is 7.62. The van der Waals surface area contributed by atoms with Crippen LogP contribution in [0.2, 0.25) is 0 Å². The van der Waals surface area contributed by atoms with Gasteiger partial charge in [-0.05, 0) is 55.9 Å². The summed E-state index contributed by atoms with van der Waals surface area (Å²) in [6, 6.07) is 7.80. The van der Waals surface area contributed by atoms with Crippen molar-refractivity contribution in [3.8, 4) is 0 Å². The molecule has 1 aliphatic heterocycles. The number of likely N-dealkylation sites (tertiary alicyclic amines) is 1. The summed E-state index contributed by atoms with van der Waals surface area (Å²) in [6.45, 7) is 0.921. The molecule has 1 heterocycles. The molecule has 1 atom stereocenters. The third-order valence-corrected chi connectivity index (χ3v) is 4.66. The van der Waals surface area contributed by atoms with E-state index in [0.717, 1.165) is 24.4 Å². The highest BCUT2D eigenvalue weighted by Crippen LogP contribution is 2.36. The van der Waals surface area contributed by atoms with Crippen LogP contribution in [0.25, 0.3) is 0 Å². The van der Waals surface area contributed by atoms with Crippen molar-refractivity contribution < 1.29 is 4.79 Å². The number of nitrogens with zero attached hydrogens (tertiary/aromatic N) is 1. The Morgan fingerprint density at radius 3 is 2.35 bits per heavy atom. The summed E-state index contributed by atoms with van der Waals surface area (Å²) in [5, 5.41) is 0. The van der Waals surface area contributed by atoms with Crippen LogP contribution in [0, 0.1) is 5.92 Å². The second kappa shape index (κ2) is 6.49. The van der Waals surface area contributed by atoms with Crippen LogP contribution < -0.4 is 5.73 Å². The van der Waals surface area contributed by atoms with Crippen LogP contribution in [-0.2, 0) is 0 Å². The van der Waals surface area contributed by atoms with E-state index >= 15 is 0 Å². The molecule has 3 rings (SSSR count). The van der Waals surface area contributed by atoms with Crippen LogP contribution in [0.15, 0.2) is 24.3 Å². The van der Waals surface area contributed by atoms with E-state index in [9.17, 15) is 4.79 Å². The van der Waals surface area contributed by atoms with E-state index in [1.54, 1.807) is 0 Å². The zero-order valence-electron chi connectivity index (χ0n) is 11.8. The Labute approximate surface area is 126 Å². The quantitative estimate of drug-likeness (QED) is 0.849. The molecule has 2 N–H and O–H groups in total. The van der Waals surface area contributed by atoms with Gasteiger partial charge in [-0.2, -0.15) is 0 Å². The van der Waals surface area contributed by atoms with Gasteiger partial charge in [0.2, 0.25) is 0 Å². The standard InChI is InChI=1S/C16H22N2O.ClH/c17-14-9-7-13(8-10-14)16(19)18-11-3-6-15(18)12-4-1-2-5-12;/h7-10,12,15H,1-6,11,17H2;1H. The van der Waals surface area contributed by atoms with Gasteiger partial charge >= 0.3 is 0 Å². The molecule has 1 saturated heterocycles. The lowest BCUT2D eigenvalue weighted by Gasteiger charge is -2.29. The number of nitrogen functional groups attached to an aromatic ring is 1. The highest BCUT2D eigenvalue weighted by molar-refractivity contribution is 5.94. The molecule has 3 nitrogen and oxygen atoms in total. The van der Waals surface area contributed by atoms with Crippen molar-refractivity contribution in [2.75, 3.05) is 12.3 Å². The molecule has 110 valence electrons. The normalized spacial score (nSPS) is 22.8. The zero-order chi connectivity index (χ0) is 13.2. The fourth-order valence-electron chi connectivity index (χ4n) is 3.67. The number of halogens is 1. The maximum absolute atomic E-state index is 12.6. The van der Waals surface area contributed by atoms with E-state index in [1.165, 1.54) is 32.1 Å². The summed E-state index contributed by atoms with van der Waals surface area (Å²) in [4.78, 5) is 14.7. The Morgan fingerprint density at radius 1 is 1.05 bits per heavy atom. The molecule has 2 fully saturated rings. The minimum absolute atomic E-state index is 0. The number of hydrogen-bond donors (Lipinski definition) is 1. The predicted octanol–water partition coefficient (Wildman–Crippen LogP) is 3.49. The Bertz CT molecular complexity index is 454. The van der Waals surface area contributed by atoms with Crippen molar-refractivity contribution in [2.45, 2.75) is 44.6 Å². The Morgan fingerprint density at radius 2 is 1.70 bits per heavy atom. The molecule has 4 heteroatoms. The maximum Gasteiger partial charge on any atom is 0.254 e. The minimum atomic E-state index is 0. The Kier molecular flexibility index (Phi) is 4.92. The number of amides is 1. The fraction of sp³-hybridized carbons (Fsp3) is 0.562. The first-order chi connectivity index (χ1) is 9.25. The number of carbonyl (C=O) groups is 1. The molecular formula is C16H23ClN2O. The van der Waals surface area contributed by atoms with E-state index in [-0.39, 0.29) is 18.3 Å². The topological polar surface area (TPSA) is 46.3 Å². The molecule has 0 aromatic heterocycles. The van der Waals surface area contributed by atoms with E-state index in [2.05, 4.69) is 4.90 Å². The van der Waals surface area contributed by atoms with Crippen molar-refractivity contribution >= 4 is 24.0 Å². The van der Waals surface area contributed by atoms with E-state index in [0.29, 0.717) is 11.7 Å². The number of anilines is 1. The fourth-order valence-corrected chi connectivity index (χ4v) is 3.67. The second-order valence-corrected chi connectivity index (χ2v) is 5.87. The highest BCUT2D eigenvalue weighted by atomic mass is 35.5. The molecule has 0 bridgehead atoms. The maximum atomic E-state index is 12.6. The number of carbonyl (C=O) groups excluding carboxylic acids is 1. The second-order valence-electron chi connectivity index (χ2n) is 5.87. The molecule has 1 unspecified atom stereocenters. The molecule has 0 radical (unpaired) electrons. The molecule has 1 amide bonds. The molecule has 1 aromatic carbocycles. The van der Waals surface area contributed by atoms with Crippen LogP contribution in [0.1, 0.15) is 48.9 Å². The van der Waals surface area contributed by atoms with Crippen molar-refractivity contribution in [2.24, 2.45) is 5.92 Å². The van der Waals surface area contributed by atoms with Gasteiger partial charge in [0.25, 0.3) is 5.91 Å². The van der Waals surface area contributed by atoms with E-state index in [1.807, 2.05) is 24.3 Å². The van der Waals surface area contributed by atoms with Crippen molar-refractivity contribution in [1.82, 2.24) is 4.90 Å². The minimum Gasteiger partial charge on any atom is -0.399 e. The summed E-state index contributed by atoms with van der Waals surface area (Å²) >= 11 is 0. The molecular weight excluding hydrogens is 272 g/mol. The summed E-state index contributed by atoms with van der Waals surface area (Å²) in [5.41, 5.74) is 7.17. The molecule has 1 saturated carbocycles. The number of nitrogens with two attached hydrogens (primary N) is 1. The van der Waals surface area contributed by atoms with Crippen molar-refractivity contribution in [3.63, 3.8) is 0 Å². The summed E-state index contributed by atoms with van der Waals surface area (Å²) < 4.78 is 0. The molecule has 2 aliphatic rings. The molecule has 1 aromatic rings. The van der Waals surface area contributed by atoms with Crippen molar-refractivity contribution in [1.29, 1.82) is 0 Å². The van der Waals surface area contributed by atoms with Crippen molar-refractivity contribution in [3.05, 3.63) is 29.8 Å². The molecule has 20 heavy (non-hydrogen) atoms. The smallest absolute Gasteiger partial charge is 0.254 e. The Balaban J connectivity index is 0.00000147. The van der Waals surface area contributed by atoms with Gasteiger partial charge in [-0.1, -0.05) is 12.8 Å². The molecule has 1 aliphatic carbocycles. The number of rotatable bonds is 2. The highest BCUT2D eigenvalue weighted by Gasteiger charge is 2.36. The summed E-state index contributed by atoms with van der Waals surface area (Å²) in [5.74, 6) is 0.926. The van der Waals surface area contributed by atoms with Gasteiger partial charge < -0.3 is 10.6 Å². The van der Waals surface area contributed by atoms with Crippen LogP contribution in [0.4, 0.5) is 5.69 Å². The van der Waals surface area contributed by atoms with E-state index < -0.39 is 0 Å². The van der Waals surface area contributed by atoms with Crippen LogP contribution in [0.5, 0.6) is 0 Å². The lowest BCUT2D eigenvalue weighted by atomic mass is 9.95. The third kappa shape index (κ3) is 2.93. The van der Waals surface area contributed by atoms with Gasteiger partial charge in [0, 0.05) is 23.8 Å². The van der Waals surface area contributed by atoms with Gasteiger partial charge in [0.15, 0.2) is 0 Å². The predicted molar refractivity (Wildman–Crippen MR) is 84.1 cm³/mol. The number of hydrogen-bond acceptors (Lipinski definition) is 2. The van der Waals surface area contributed by atoms with Crippen LogP contribution in [-0.4, -0.2) is 23.4 Å². The van der Waals surface area contributed by atoms with Gasteiger partial charge in [-0.3, -0.25) is 4.79 Å². The van der Waals surface area contributed by atoms with Crippen LogP contribution in [0.3, 0.4) is 0 Å². The SMILES string of the molecule is Cl.Nc1ccc(C(=O)N2CCCC2C2CCCC2)cc1. The first-order valence-electron chi connectivity index (χ1n) is 7.42. The zero-order valence-corrected chi connectivity index (χ0v) is 12.6. The Hall–Kier alpha value is -1.22. The lowest BCUT2D eigenvalue weighted by molar-refractivity contribution is 0.0689. The van der Waals surface area contributed by atoms with Gasteiger partial charge in [-0.25, -0.2) is 0 Å². The van der Waals surface area contributed by atoms with Gasteiger partial charge in [-0.15, -0.1) is 12.4 Å². The third-order valence-electron chi connectivity index (χ3n) is 4.66. The number of benzene rings is 1. The largest absolute Gasteiger partial charge is 0.399 e. The first kappa shape index (κ1) is 15.2. The molecule has 0 spiro atoms. The van der Waals surface area contributed by atoms with E-state index in [4.69, 9.17) is 5.73 Å². The monoisotopic (exact) mass is 294 g/mol. The average molecular weight is 295 g/mol. The van der Waals surface area contributed by atoms with Gasteiger partial charge in [0.1, 0.15) is 0 Å². The first-order valence-corrected chi connectivity index (χ1v) is 7.42. The average Bonchev–Trinajstić information content (AvgIpc) is 3.09. The van der Waals surface area contributed by atoms with Crippen LogP contribution >= 0.6 is 12.4 Å². The summed E-state index contributed by atoms with van der Waals surface area (Å²) in [7, 11) is 0. The lowest BCUT2D eigenvalue weighted by Crippen LogP contribution is -2.39. The van der Waals surface area contributed by atoms with Gasteiger partial charge in [0.05, 0.1) is 0 Å².